The zero-order valence-corrected chi connectivity index (χ0v) is 14.1. The maximum Gasteiger partial charge on any atom is 0.0408 e. The molecular formula is C20H28N2. The van der Waals surface area contributed by atoms with Gasteiger partial charge in [0.25, 0.3) is 0 Å². The molecule has 1 aromatic carbocycles. The van der Waals surface area contributed by atoms with Crippen LogP contribution in [0.15, 0.2) is 54.3 Å². The first-order chi connectivity index (χ1) is 10.6. The number of allylic oxidation sites excluding steroid dienone is 5. The van der Waals surface area contributed by atoms with E-state index in [-0.39, 0.29) is 0 Å². The number of rotatable bonds is 5. The van der Waals surface area contributed by atoms with Crippen molar-refractivity contribution in [2.75, 3.05) is 18.5 Å². The summed E-state index contributed by atoms with van der Waals surface area (Å²) in [5.41, 5.74) is 12.5. The van der Waals surface area contributed by atoms with Gasteiger partial charge in [0.1, 0.15) is 0 Å². The molecule has 1 aliphatic rings. The second kappa shape index (κ2) is 7.46. The quantitative estimate of drug-likeness (QED) is 0.808. The molecule has 2 N–H and O–H groups in total. The Morgan fingerprint density at radius 3 is 2.82 bits per heavy atom. The third-order valence-electron chi connectivity index (χ3n) is 4.68. The Morgan fingerprint density at radius 2 is 2.14 bits per heavy atom. The van der Waals surface area contributed by atoms with E-state index in [4.69, 9.17) is 5.73 Å². The lowest BCUT2D eigenvalue weighted by Crippen LogP contribution is -2.19. The van der Waals surface area contributed by atoms with Crippen LogP contribution in [-0.2, 0) is 6.42 Å². The molecule has 0 amide bonds. The second-order valence-electron chi connectivity index (χ2n) is 6.19. The Hall–Kier alpha value is -1.80. The Balaban J connectivity index is 2.24. The molecule has 0 saturated heterocycles. The van der Waals surface area contributed by atoms with Crippen LogP contribution >= 0.6 is 0 Å². The Kier molecular flexibility index (Phi) is 5.62. The number of benzene rings is 1. The van der Waals surface area contributed by atoms with Gasteiger partial charge in [0.2, 0.25) is 0 Å². The predicted octanol–water partition coefficient (Wildman–Crippen LogP) is 4.54. The number of hydrogen-bond acceptors (Lipinski definition) is 2. The Morgan fingerprint density at radius 1 is 1.36 bits per heavy atom. The van der Waals surface area contributed by atoms with Gasteiger partial charge in [-0.2, -0.15) is 0 Å². The summed E-state index contributed by atoms with van der Waals surface area (Å²) in [6.07, 6.45) is 9.75. The molecule has 0 heterocycles. The lowest BCUT2D eigenvalue weighted by Gasteiger charge is -2.27. The van der Waals surface area contributed by atoms with Crippen LogP contribution in [0.3, 0.4) is 0 Å². The largest absolute Gasteiger partial charge is 0.348 e. The topological polar surface area (TPSA) is 29.3 Å². The third-order valence-corrected chi connectivity index (χ3v) is 4.68. The molecule has 0 radical (unpaired) electrons. The lowest BCUT2D eigenvalue weighted by molar-refractivity contribution is 0.561. The summed E-state index contributed by atoms with van der Waals surface area (Å²) < 4.78 is 0. The molecule has 0 saturated carbocycles. The molecular weight excluding hydrogens is 268 g/mol. The average molecular weight is 296 g/mol. The zero-order valence-electron chi connectivity index (χ0n) is 14.1. The average Bonchev–Trinajstić information content (AvgIpc) is 2.57. The molecule has 1 aromatic rings. The van der Waals surface area contributed by atoms with Crippen molar-refractivity contribution >= 4 is 5.69 Å². The van der Waals surface area contributed by atoms with E-state index in [1.165, 1.54) is 47.3 Å². The SMILES string of the molecule is C=C/C(C)=C\C=C(/C)N(C)c1ccc2c(c1)CCC[C@H]2CN. The lowest BCUT2D eigenvalue weighted by atomic mass is 9.82. The predicted molar refractivity (Wildman–Crippen MR) is 97.3 cm³/mol. The van der Waals surface area contributed by atoms with Crippen LogP contribution in [-0.4, -0.2) is 13.6 Å². The highest BCUT2D eigenvalue weighted by molar-refractivity contribution is 5.56. The summed E-state index contributed by atoms with van der Waals surface area (Å²) in [5.74, 6) is 0.540. The number of anilines is 1. The molecule has 1 atom stereocenters. The van der Waals surface area contributed by atoms with Crippen molar-refractivity contribution in [3.05, 3.63) is 65.4 Å². The van der Waals surface area contributed by atoms with E-state index in [9.17, 15) is 0 Å². The fraction of sp³-hybridized carbons (Fsp3) is 0.400. The number of nitrogens with two attached hydrogens (primary N) is 1. The van der Waals surface area contributed by atoms with Crippen molar-refractivity contribution in [3.63, 3.8) is 0 Å². The normalized spacial score (nSPS) is 18.8. The van der Waals surface area contributed by atoms with E-state index >= 15 is 0 Å². The number of hydrogen-bond donors (Lipinski definition) is 1. The Labute approximate surface area is 135 Å². The summed E-state index contributed by atoms with van der Waals surface area (Å²) in [4.78, 5) is 2.24. The van der Waals surface area contributed by atoms with Gasteiger partial charge in [-0.15, -0.1) is 0 Å². The molecule has 2 rings (SSSR count). The molecule has 0 unspecified atom stereocenters. The molecule has 0 spiro atoms. The van der Waals surface area contributed by atoms with Crippen molar-refractivity contribution in [1.82, 2.24) is 0 Å². The summed E-state index contributed by atoms with van der Waals surface area (Å²) in [7, 11) is 2.12. The molecule has 22 heavy (non-hydrogen) atoms. The van der Waals surface area contributed by atoms with E-state index in [0.717, 1.165) is 6.54 Å². The van der Waals surface area contributed by atoms with Gasteiger partial charge in [-0.05, 0) is 74.9 Å². The van der Waals surface area contributed by atoms with E-state index in [1.54, 1.807) is 0 Å². The fourth-order valence-electron chi connectivity index (χ4n) is 2.99. The van der Waals surface area contributed by atoms with Gasteiger partial charge in [-0.3, -0.25) is 0 Å². The highest BCUT2D eigenvalue weighted by Crippen LogP contribution is 2.33. The summed E-state index contributed by atoms with van der Waals surface area (Å²) >= 11 is 0. The van der Waals surface area contributed by atoms with Crippen LogP contribution < -0.4 is 10.6 Å². The van der Waals surface area contributed by atoms with Crippen molar-refractivity contribution in [2.24, 2.45) is 5.73 Å². The standard InChI is InChI=1S/C20H28N2/c1-5-15(2)9-10-16(3)22(4)19-11-12-20-17(13-19)7-6-8-18(20)14-21/h5,9-13,18H,1,6-8,14,21H2,2-4H3/b15-9-,16-10+/t18-/m0/s1. The fourth-order valence-corrected chi connectivity index (χ4v) is 2.99. The van der Waals surface area contributed by atoms with Crippen LogP contribution in [0.5, 0.6) is 0 Å². The van der Waals surface area contributed by atoms with Crippen LogP contribution in [0.25, 0.3) is 0 Å². The third kappa shape index (κ3) is 3.69. The number of nitrogens with zero attached hydrogens (tertiary/aromatic N) is 1. The van der Waals surface area contributed by atoms with Crippen molar-refractivity contribution in [3.8, 4) is 0 Å². The summed E-state index contributed by atoms with van der Waals surface area (Å²) in [6.45, 7) is 8.73. The minimum absolute atomic E-state index is 0.540. The maximum atomic E-state index is 5.91. The molecule has 1 aliphatic carbocycles. The molecule has 118 valence electrons. The maximum absolute atomic E-state index is 5.91. The Bertz CT molecular complexity index is 596. The van der Waals surface area contributed by atoms with Crippen LogP contribution in [0.4, 0.5) is 5.69 Å². The van der Waals surface area contributed by atoms with Crippen LogP contribution in [0.2, 0.25) is 0 Å². The monoisotopic (exact) mass is 296 g/mol. The molecule has 0 aliphatic heterocycles. The zero-order chi connectivity index (χ0) is 16.1. The number of fused-ring (bicyclic) bond motifs is 1. The smallest absolute Gasteiger partial charge is 0.0408 e. The van der Waals surface area contributed by atoms with Crippen molar-refractivity contribution < 1.29 is 0 Å². The van der Waals surface area contributed by atoms with E-state index in [0.29, 0.717) is 5.92 Å². The van der Waals surface area contributed by atoms with E-state index < -0.39 is 0 Å². The highest BCUT2D eigenvalue weighted by Gasteiger charge is 2.19. The molecule has 2 heteroatoms. The first-order valence-corrected chi connectivity index (χ1v) is 8.11. The molecule has 0 aromatic heterocycles. The summed E-state index contributed by atoms with van der Waals surface area (Å²) in [5, 5.41) is 0. The van der Waals surface area contributed by atoms with Crippen molar-refractivity contribution in [1.29, 1.82) is 0 Å². The highest BCUT2D eigenvalue weighted by atomic mass is 15.1. The van der Waals surface area contributed by atoms with Crippen LogP contribution in [0, 0.1) is 0 Å². The van der Waals surface area contributed by atoms with Gasteiger partial charge in [0.05, 0.1) is 0 Å². The second-order valence-corrected chi connectivity index (χ2v) is 6.19. The summed E-state index contributed by atoms with van der Waals surface area (Å²) in [6, 6.07) is 6.82. The van der Waals surface area contributed by atoms with Gasteiger partial charge in [0, 0.05) is 18.4 Å². The molecule has 0 bridgehead atoms. The van der Waals surface area contributed by atoms with Crippen LogP contribution in [0.1, 0.15) is 43.7 Å². The van der Waals surface area contributed by atoms with Gasteiger partial charge >= 0.3 is 0 Å². The van der Waals surface area contributed by atoms with Gasteiger partial charge in [-0.1, -0.05) is 30.4 Å². The first-order valence-electron chi connectivity index (χ1n) is 8.11. The minimum Gasteiger partial charge on any atom is -0.348 e. The first kappa shape index (κ1) is 16.6. The number of aryl methyl sites for hydroxylation is 1. The van der Waals surface area contributed by atoms with Gasteiger partial charge < -0.3 is 10.6 Å². The molecule has 2 nitrogen and oxygen atoms in total. The van der Waals surface area contributed by atoms with E-state index in [2.05, 4.69) is 62.7 Å². The minimum atomic E-state index is 0.540. The van der Waals surface area contributed by atoms with Gasteiger partial charge in [-0.25, -0.2) is 0 Å². The molecule has 0 fully saturated rings. The van der Waals surface area contributed by atoms with E-state index in [1.807, 2.05) is 6.08 Å². The van der Waals surface area contributed by atoms with Gasteiger partial charge in [0.15, 0.2) is 0 Å². The van der Waals surface area contributed by atoms with Crippen molar-refractivity contribution in [2.45, 2.75) is 39.0 Å².